The molecule has 7 nitrogen and oxygen atoms in total. The van der Waals surface area contributed by atoms with Gasteiger partial charge in [0.05, 0.1) is 12.2 Å². The Bertz CT molecular complexity index is 874. The first-order chi connectivity index (χ1) is 13.6. The number of rotatable bonds is 5. The highest BCUT2D eigenvalue weighted by atomic mass is 16.5. The second-order valence-electron chi connectivity index (χ2n) is 6.58. The molecular weight excluding hydrogens is 356 g/mol. The maximum atomic E-state index is 12.7. The lowest BCUT2D eigenvalue weighted by molar-refractivity contribution is -0.126. The van der Waals surface area contributed by atoms with Crippen molar-refractivity contribution >= 4 is 17.6 Å². The Morgan fingerprint density at radius 3 is 2.57 bits per heavy atom. The van der Waals surface area contributed by atoms with Crippen LogP contribution in [-0.4, -0.2) is 46.7 Å². The molecule has 0 bridgehead atoms. The van der Waals surface area contributed by atoms with Crippen molar-refractivity contribution in [3.05, 3.63) is 48.2 Å². The van der Waals surface area contributed by atoms with E-state index >= 15 is 0 Å². The highest BCUT2D eigenvalue weighted by Crippen LogP contribution is 2.26. The van der Waals surface area contributed by atoms with Crippen LogP contribution >= 0.6 is 0 Å². The van der Waals surface area contributed by atoms with Crippen LogP contribution in [0.15, 0.2) is 42.6 Å². The first-order valence-electron chi connectivity index (χ1n) is 9.27. The Morgan fingerprint density at radius 2 is 1.93 bits per heavy atom. The summed E-state index contributed by atoms with van der Waals surface area (Å²) >= 11 is 0. The fourth-order valence-electron chi connectivity index (χ4n) is 3.42. The summed E-state index contributed by atoms with van der Waals surface area (Å²) in [5.74, 6) is 5.47. The van der Waals surface area contributed by atoms with Gasteiger partial charge in [-0.25, -0.2) is 4.68 Å². The molecular formula is C21H24N4O3. The SMILES string of the molecule is CC#CC(=O)N1CCC(n2nccc2NC(=O)C(OC)c2ccccc2)CC1. The Kier molecular flexibility index (Phi) is 6.45. The lowest BCUT2D eigenvalue weighted by Crippen LogP contribution is -2.39. The third kappa shape index (κ3) is 4.41. The number of methoxy groups -OCH3 is 1. The summed E-state index contributed by atoms with van der Waals surface area (Å²) in [4.78, 5) is 26.4. The van der Waals surface area contributed by atoms with Gasteiger partial charge in [0.25, 0.3) is 11.8 Å². The van der Waals surface area contributed by atoms with Gasteiger partial charge in [-0.05, 0) is 31.2 Å². The molecule has 2 aromatic rings. The number of likely N-dealkylation sites (tertiary alicyclic amines) is 1. The van der Waals surface area contributed by atoms with E-state index in [0.717, 1.165) is 18.4 Å². The summed E-state index contributed by atoms with van der Waals surface area (Å²) in [6, 6.07) is 11.2. The van der Waals surface area contributed by atoms with Gasteiger partial charge in [-0.1, -0.05) is 36.3 Å². The van der Waals surface area contributed by atoms with Gasteiger partial charge in [0, 0.05) is 26.3 Å². The molecule has 1 aromatic carbocycles. The van der Waals surface area contributed by atoms with E-state index in [2.05, 4.69) is 22.3 Å². The smallest absolute Gasteiger partial charge is 0.298 e. The van der Waals surface area contributed by atoms with Crippen molar-refractivity contribution in [2.24, 2.45) is 0 Å². The number of benzene rings is 1. The van der Waals surface area contributed by atoms with Gasteiger partial charge in [-0.3, -0.25) is 9.59 Å². The van der Waals surface area contributed by atoms with Crippen molar-refractivity contribution in [2.45, 2.75) is 31.9 Å². The molecule has 1 aliphatic rings. The van der Waals surface area contributed by atoms with Gasteiger partial charge in [0.15, 0.2) is 6.10 Å². The third-order valence-electron chi connectivity index (χ3n) is 4.83. The number of carbonyl (C=O) groups is 2. The molecule has 28 heavy (non-hydrogen) atoms. The van der Waals surface area contributed by atoms with Gasteiger partial charge in [-0.15, -0.1) is 0 Å². The number of amides is 2. The number of nitrogens with zero attached hydrogens (tertiary/aromatic N) is 3. The summed E-state index contributed by atoms with van der Waals surface area (Å²) in [6.45, 7) is 2.90. The topological polar surface area (TPSA) is 76.5 Å². The van der Waals surface area contributed by atoms with Crippen LogP contribution in [0.4, 0.5) is 5.82 Å². The summed E-state index contributed by atoms with van der Waals surface area (Å²) in [5.41, 5.74) is 0.789. The molecule has 1 atom stereocenters. The predicted octanol–water partition coefficient (Wildman–Crippen LogP) is 2.40. The van der Waals surface area contributed by atoms with Gasteiger partial charge in [0.1, 0.15) is 5.82 Å². The fraction of sp³-hybridized carbons (Fsp3) is 0.381. The van der Waals surface area contributed by atoms with E-state index in [4.69, 9.17) is 4.74 Å². The Morgan fingerprint density at radius 1 is 1.21 bits per heavy atom. The van der Waals surface area contributed by atoms with Crippen LogP contribution in [0, 0.1) is 11.8 Å². The molecule has 0 aliphatic carbocycles. The van der Waals surface area contributed by atoms with E-state index in [-0.39, 0.29) is 17.9 Å². The zero-order valence-electron chi connectivity index (χ0n) is 16.1. The quantitative estimate of drug-likeness (QED) is 0.808. The maximum Gasteiger partial charge on any atom is 0.298 e. The number of hydrogen-bond donors (Lipinski definition) is 1. The second-order valence-corrected chi connectivity index (χ2v) is 6.58. The zero-order chi connectivity index (χ0) is 19.9. The van der Waals surface area contributed by atoms with Crippen molar-refractivity contribution in [3.8, 4) is 11.8 Å². The average Bonchev–Trinajstić information content (AvgIpc) is 3.17. The molecule has 1 saturated heterocycles. The minimum absolute atomic E-state index is 0.113. The molecule has 7 heteroatoms. The molecule has 146 valence electrons. The molecule has 1 aliphatic heterocycles. The van der Waals surface area contributed by atoms with Crippen LogP contribution in [0.2, 0.25) is 0 Å². The van der Waals surface area contributed by atoms with E-state index in [1.54, 1.807) is 24.1 Å². The van der Waals surface area contributed by atoms with Crippen LogP contribution in [0.1, 0.15) is 37.5 Å². The molecule has 1 unspecified atom stereocenters. The van der Waals surface area contributed by atoms with E-state index in [1.807, 2.05) is 35.0 Å². The van der Waals surface area contributed by atoms with Crippen LogP contribution in [0.25, 0.3) is 0 Å². The van der Waals surface area contributed by atoms with Crippen LogP contribution < -0.4 is 5.32 Å². The van der Waals surface area contributed by atoms with E-state index in [9.17, 15) is 9.59 Å². The fourth-order valence-corrected chi connectivity index (χ4v) is 3.42. The normalized spacial score (nSPS) is 15.4. The summed E-state index contributed by atoms with van der Waals surface area (Å²) in [5, 5.41) is 7.31. The molecule has 2 heterocycles. The molecule has 0 spiro atoms. The molecule has 1 aromatic heterocycles. The number of hydrogen-bond acceptors (Lipinski definition) is 4. The van der Waals surface area contributed by atoms with Crippen molar-refractivity contribution in [1.82, 2.24) is 14.7 Å². The molecule has 1 fully saturated rings. The highest BCUT2D eigenvalue weighted by Gasteiger charge is 2.26. The number of carbonyl (C=O) groups excluding carboxylic acids is 2. The Balaban J connectivity index is 1.66. The standard InChI is InChI=1S/C21H24N4O3/c1-3-7-19(26)24-14-11-17(12-15-24)25-18(10-13-22-25)23-21(27)20(28-2)16-8-5-4-6-9-16/h4-6,8-10,13,17,20H,11-12,14-15H2,1-2H3,(H,23,27). The highest BCUT2D eigenvalue weighted by molar-refractivity contribution is 5.94. The minimum atomic E-state index is -0.698. The first-order valence-corrected chi connectivity index (χ1v) is 9.27. The molecule has 1 N–H and O–H groups in total. The first kappa shape index (κ1) is 19.6. The van der Waals surface area contributed by atoms with Gasteiger partial charge in [-0.2, -0.15) is 5.10 Å². The molecule has 0 radical (unpaired) electrons. The van der Waals surface area contributed by atoms with Crippen LogP contribution in [-0.2, 0) is 14.3 Å². The maximum absolute atomic E-state index is 12.7. The number of nitrogens with one attached hydrogen (secondary N) is 1. The third-order valence-corrected chi connectivity index (χ3v) is 4.83. The van der Waals surface area contributed by atoms with Crippen LogP contribution in [0.3, 0.4) is 0 Å². The van der Waals surface area contributed by atoms with E-state index < -0.39 is 6.10 Å². The van der Waals surface area contributed by atoms with Crippen molar-refractivity contribution < 1.29 is 14.3 Å². The lowest BCUT2D eigenvalue weighted by atomic mass is 10.1. The number of piperidine rings is 1. The van der Waals surface area contributed by atoms with E-state index in [0.29, 0.717) is 18.9 Å². The largest absolute Gasteiger partial charge is 0.367 e. The summed E-state index contributed by atoms with van der Waals surface area (Å²) < 4.78 is 7.22. The lowest BCUT2D eigenvalue weighted by Gasteiger charge is -2.31. The van der Waals surface area contributed by atoms with Gasteiger partial charge < -0.3 is 15.0 Å². The number of anilines is 1. The van der Waals surface area contributed by atoms with Gasteiger partial charge in [0.2, 0.25) is 0 Å². The molecule has 0 saturated carbocycles. The Labute approximate surface area is 164 Å². The number of aromatic nitrogens is 2. The molecule has 3 rings (SSSR count). The van der Waals surface area contributed by atoms with Crippen molar-refractivity contribution in [2.75, 3.05) is 25.5 Å². The average molecular weight is 380 g/mol. The number of ether oxygens (including phenoxy) is 1. The van der Waals surface area contributed by atoms with Crippen molar-refractivity contribution in [1.29, 1.82) is 0 Å². The van der Waals surface area contributed by atoms with Gasteiger partial charge >= 0.3 is 0 Å². The predicted molar refractivity (Wildman–Crippen MR) is 105 cm³/mol. The second kappa shape index (κ2) is 9.20. The van der Waals surface area contributed by atoms with E-state index in [1.165, 1.54) is 7.11 Å². The summed E-state index contributed by atoms with van der Waals surface area (Å²) in [7, 11) is 1.51. The monoisotopic (exact) mass is 380 g/mol. The Hall–Kier alpha value is -3.11. The minimum Gasteiger partial charge on any atom is -0.367 e. The summed E-state index contributed by atoms with van der Waals surface area (Å²) in [6.07, 6.45) is 2.49. The molecule has 2 amide bonds. The van der Waals surface area contributed by atoms with Crippen LogP contribution in [0.5, 0.6) is 0 Å². The van der Waals surface area contributed by atoms with Crippen molar-refractivity contribution in [3.63, 3.8) is 0 Å². The zero-order valence-corrected chi connectivity index (χ0v) is 16.1.